The van der Waals surface area contributed by atoms with Gasteiger partial charge < -0.3 is 33.6 Å². The summed E-state index contributed by atoms with van der Waals surface area (Å²) < 4.78 is 40.3. The Labute approximate surface area is 315 Å². The van der Waals surface area contributed by atoms with Gasteiger partial charge in [-0.3, -0.25) is 0 Å². The first-order chi connectivity index (χ1) is 25.9. The summed E-state index contributed by atoms with van der Waals surface area (Å²) in [6.45, 7) is 5.08. The monoisotopic (exact) mass is 733 g/mol. The van der Waals surface area contributed by atoms with Gasteiger partial charge >= 0.3 is 0 Å². The number of ether oxygens (including phenoxy) is 6. The first-order valence-corrected chi connectivity index (χ1v) is 18.3. The lowest BCUT2D eigenvalue weighted by atomic mass is 9.80. The molecule has 2 heterocycles. The molecule has 1 N–H and O–H groups in total. The van der Waals surface area contributed by atoms with Crippen molar-refractivity contribution in [1.29, 1.82) is 0 Å². The maximum absolute atomic E-state index is 10.4. The van der Waals surface area contributed by atoms with Crippen LogP contribution in [0.15, 0.2) is 139 Å². The van der Waals surface area contributed by atoms with Crippen LogP contribution >= 0.6 is 11.6 Å². The Kier molecular flexibility index (Phi) is 11.6. The molecule has 2 aliphatic rings. The molecule has 8 nitrogen and oxygen atoms in total. The van der Waals surface area contributed by atoms with E-state index in [-0.39, 0.29) is 26.4 Å². The first-order valence-electron chi connectivity index (χ1n) is 17.9. The molecule has 9 heteroatoms. The van der Waals surface area contributed by atoms with Crippen molar-refractivity contribution in [3.05, 3.63) is 172 Å². The molecule has 5 atom stereocenters. The van der Waals surface area contributed by atoms with Crippen molar-refractivity contribution in [2.75, 3.05) is 13.2 Å². The van der Waals surface area contributed by atoms with E-state index in [4.69, 9.17) is 40.0 Å². The normalized spacial score (nSPS) is 23.9. The summed E-state index contributed by atoms with van der Waals surface area (Å²) >= 11 is 6.88. The molecule has 7 rings (SSSR count). The second-order valence-electron chi connectivity index (χ2n) is 13.4. The van der Waals surface area contributed by atoms with Gasteiger partial charge in [0.05, 0.1) is 38.7 Å². The lowest BCUT2D eigenvalue weighted by Crippen LogP contribution is -2.68. The van der Waals surface area contributed by atoms with Crippen LogP contribution in [0.2, 0.25) is 5.02 Å². The Morgan fingerprint density at radius 2 is 1.30 bits per heavy atom. The Morgan fingerprint density at radius 3 is 1.87 bits per heavy atom. The molecule has 0 unspecified atom stereocenters. The van der Waals surface area contributed by atoms with Gasteiger partial charge in [0, 0.05) is 10.6 Å². The summed E-state index contributed by atoms with van der Waals surface area (Å²) in [5.74, 6) is -0.682. The number of oxime groups is 1. The van der Waals surface area contributed by atoms with Gasteiger partial charge in [0.25, 0.3) is 0 Å². The van der Waals surface area contributed by atoms with Gasteiger partial charge in [-0.1, -0.05) is 126 Å². The van der Waals surface area contributed by atoms with Crippen LogP contribution in [0.5, 0.6) is 5.75 Å². The van der Waals surface area contributed by atoms with Crippen molar-refractivity contribution in [3.8, 4) is 5.75 Å². The molecule has 53 heavy (non-hydrogen) atoms. The summed E-state index contributed by atoms with van der Waals surface area (Å²) in [7, 11) is 0. The molecule has 0 aliphatic carbocycles. The predicted molar refractivity (Wildman–Crippen MR) is 203 cm³/mol. The highest BCUT2D eigenvalue weighted by Crippen LogP contribution is 2.54. The van der Waals surface area contributed by atoms with Gasteiger partial charge in [0.1, 0.15) is 24.1 Å². The van der Waals surface area contributed by atoms with E-state index in [1.54, 1.807) is 6.92 Å². The molecular formula is C44H44ClNO7. The highest BCUT2D eigenvalue weighted by atomic mass is 35.5. The molecule has 5 aromatic carbocycles. The van der Waals surface area contributed by atoms with Crippen LogP contribution in [-0.2, 0) is 55.7 Å². The van der Waals surface area contributed by atoms with Crippen molar-refractivity contribution in [2.24, 2.45) is 5.16 Å². The van der Waals surface area contributed by atoms with Crippen molar-refractivity contribution in [2.45, 2.75) is 69.8 Å². The Morgan fingerprint density at radius 1 is 0.736 bits per heavy atom. The largest absolute Gasteiger partial charge is 0.494 e. The van der Waals surface area contributed by atoms with Crippen molar-refractivity contribution in [3.63, 3.8) is 0 Å². The lowest BCUT2D eigenvalue weighted by Gasteiger charge is -2.50. The van der Waals surface area contributed by atoms with E-state index < -0.39 is 29.7 Å². The average molecular weight is 734 g/mol. The summed E-state index contributed by atoms with van der Waals surface area (Å²) in [6.07, 6.45) is -1.83. The van der Waals surface area contributed by atoms with Gasteiger partial charge in [-0.15, -0.1) is 0 Å². The van der Waals surface area contributed by atoms with E-state index in [0.29, 0.717) is 29.3 Å². The van der Waals surface area contributed by atoms with Crippen molar-refractivity contribution in [1.82, 2.24) is 0 Å². The summed E-state index contributed by atoms with van der Waals surface area (Å²) in [4.78, 5) is 0. The molecule has 0 aromatic heterocycles. The zero-order chi connectivity index (χ0) is 36.7. The Bertz CT molecular complexity index is 1960. The van der Waals surface area contributed by atoms with Crippen LogP contribution in [0.1, 0.15) is 47.2 Å². The van der Waals surface area contributed by atoms with E-state index in [2.05, 4.69) is 5.16 Å². The molecule has 0 saturated carbocycles. The topological polar surface area (TPSA) is 88.0 Å². The number of rotatable bonds is 15. The van der Waals surface area contributed by atoms with E-state index in [9.17, 15) is 5.21 Å². The minimum Gasteiger partial charge on any atom is -0.494 e. The number of benzene rings is 5. The van der Waals surface area contributed by atoms with E-state index in [1.165, 1.54) is 0 Å². The number of nitrogens with zero attached hydrogens (tertiary/aromatic N) is 1. The van der Waals surface area contributed by atoms with E-state index in [1.807, 2.05) is 140 Å². The first kappa shape index (κ1) is 36.8. The van der Waals surface area contributed by atoms with Crippen LogP contribution in [0.25, 0.3) is 0 Å². The molecule has 2 bridgehead atoms. The van der Waals surface area contributed by atoms with Crippen molar-refractivity contribution < 1.29 is 33.6 Å². The molecule has 274 valence electrons. The number of halogens is 1. The van der Waals surface area contributed by atoms with Gasteiger partial charge in [0.2, 0.25) is 5.79 Å². The quantitative estimate of drug-likeness (QED) is 0.0654. The number of hydrogen-bond acceptors (Lipinski definition) is 8. The fraction of sp³-hybridized carbons (Fsp3) is 0.295. The molecule has 2 fully saturated rings. The van der Waals surface area contributed by atoms with Gasteiger partial charge in [0.15, 0.2) is 5.60 Å². The summed E-state index contributed by atoms with van der Waals surface area (Å²) in [5.41, 5.74) is 4.54. The van der Waals surface area contributed by atoms with Gasteiger partial charge in [-0.25, -0.2) is 0 Å². The third kappa shape index (κ3) is 7.89. The SMILES string of the molecule is CCOc1ccc(Cc2cc([C@]34OC[C@](/C(C)=N/O)(O3)[C@@H](OCc3ccccc3)[C@H](OCc3ccccc3)[C@H]4OCc3ccccc3)ccc2Cl)cc1. The van der Waals surface area contributed by atoms with E-state index >= 15 is 0 Å². The molecule has 0 radical (unpaired) electrons. The molecule has 2 aliphatic heterocycles. The molecule has 0 amide bonds. The molecular weight excluding hydrogens is 690 g/mol. The molecule has 2 saturated heterocycles. The second kappa shape index (κ2) is 16.6. The molecule has 0 spiro atoms. The smallest absolute Gasteiger partial charge is 0.226 e. The number of hydrogen-bond donors (Lipinski definition) is 1. The third-order valence-electron chi connectivity index (χ3n) is 9.94. The minimum atomic E-state index is -1.49. The summed E-state index contributed by atoms with van der Waals surface area (Å²) in [6, 6.07) is 43.6. The highest BCUT2D eigenvalue weighted by molar-refractivity contribution is 6.31. The number of fused-ring (bicyclic) bond motifs is 2. The standard InChI is InChI=1S/C44H44ClNO7/c1-3-48-38-22-19-32(20-23-38)25-36-26-37(21-24-39(36)45)44-42(51-29-35-17-11-6-12-18-35)40(49-27-33-13-7-4-8-14-33)41(50-28-34-15-9-5-10-16-34)43(53-44,30-52-44)31(2)46-47/h4-24,26,40-42,47H,3,25,27-30H2,1-2H3/b46-31+/t40-,41-,42+,43+,44-/m0/s1. The average Bonchev–Trinajstić information content (AvgIpc) is 3.57. The Balaban J connectivity index is 1.32. The van der Waals surface area contributed by atoms with E-state index in [0.717, 1.165) is 33.6 Å². The van der Waals surface area contributed by atoms with Gasteiger partial charge in [-0.05, 0) is 72.4 Å². The van der Waals surface area contributed by atoms with Crippen LogP contribution in [0.4, 0.5) is 0 Å². The summed E-state index contributed by atoms with van der Waals surface area (Å²) in [5, 5.41) is 14.7. The van der Waals surface area contributed by atoms with Crippen LogP contribution in [0, 0.1) is 0 Å². The fourth-order valence-electron chi connectivity index (χ4n) is 7.15. The zero-order valence-corrected chi connectivity index (χ0v) is 30.7. The van der Waals surface area contributed by atoms with Crippen LogP contribution in [0.3, 0.4) is 0 Å². The van der Waals surface area contributed by atoms with Crippen molar-refractivity contribution >= 4 is 17.3 Å². The van der Waals surface area contributed by atoms with Crippen LogP contribution < -0.4 is 4.74 Å². The zero-order valence-electron chi connectivity index (χ0n) is 29.9. The lowest BCUT2D eigenvalue weighted by molar-refractivity contribution is -0.338. The fourth-order valence-corrected chi connectivity index (χ4v) is 7.34. The minimum absolute atomic E-state index is 0.0234. The Hall–Kier alpha value is -4.54. The maximum Gasteiger partial charge on any atom is 0.226 e. The molecule has 5 aromatic rings. The second-order valence-corrected chi connectivity index (χ2v) is 13.8. The highest BCUT2D eigenvalue weighted by Gasteiger charge is 2.70. The van der Waals surface area contributed by atoms with Crippen LogP contribution in [-0.4, -0.2) is 48.0 Å². The predicted octanol–water partition coefficient (Wildman–Crippen LogP) is 8.89. The third-order valence-corrected chi connectivity index (χ3v) is 10.3. The van der Waals surface area contributed by atoms with Gasteiger partial charge in [-0.2, -0.15) is 0 Å². The maximum atomic E-state index is 10.4.